The zero-order chi connectivity index (χ0) is 18.1. The molecule has 0 bridgehead atoms. The monoisotopic (exact) mass is 488 g/mol. The van der Waals surface area contributed by atoms with Crippen molar-refractivity contribution in [2.75, 3.05) is 19.6 Å². The minimum absolute atomic E-state index is 0. The normalized spacial score (nSPS) is 10.8. The van der Waals surface area contributed by atoms with Gasteiger partial charge < -0.3 is 21.1 Å². The Kier molecular flexibility index (Phi) is 10.0. The van der Waals surface area contributed by atoms with Gasteiger partial charge in [0, 0.05) is 35.0 Å². The van der Waals surface area contributed by atoms with Crippen LogP contribution >= 0.6 is 35.3 Å². The second-order valence-electron chi connectivity index (χ2n) is 5.44. The summed E-state index contributed by atoms with van der Waals surface area (Å²) in [4.78, 5) is 19.0. The molecular formula is C18H25IN4O2S. The van der Waals surface area contributed by atoms with E-state index in [4.69, 9.17) is 0 Å². The molecule has 1 amide bonds. The molecule has 142 valence electrons. The van der Waals surface area contributed by atoms with E-state index in [-0.39, 0.29) is 35.6 Å². The third-order valence-electron chi connectivity index (χ3n) is 3.37. The number of rotatable bonds is 7. The number of nitrogens with zero attached hydrogens (tertiary/aromatic N) is 1. The van der Waals surface area contributed by atoms with E-state index in [2.05, 4.69) is 40.0 Å². The van der Waals surface area contributed by atoms with Crippen molar-refractivity contribution >= 4 is 47.2 Å². The number of hydrogen-bond donors (Lipinski definition) is 4. The summed E-state index contributed by atoms with van der Waals surface area (Å²) in [5.41, 5.74) is 0.520. The molecule has 0 fully saturated rings. The number of aryl methyl sites for hydroxylation is 1. The quantitative estimate of drug-likeness (QED) is 0.209. The summed E-state index contributed by atoms with van der Waals surface area (Å²) in [6.45, 7) is 6.54. The Morgan fingerprint density at radius 1 is 1.08 bits per heavy atom. The highest BCUT2D eigenvalue weighted by atomic mass is 127. The van der Waals surface area contributed by atoms with E-state index in [1.807, 2.05) is 6.92 Å². The lowest BCUT2D eigenvalue weighted by Gasteiger charge is -2.11. The fourth-order valence-electron chi connectivity index (χ4n) is 2.14. The Labute approximate surface area is 175 Å². The van der Waals surface area contributed by atoms with E-state index < -0.39 is 0 Å². The molecule has 2 rings (SSSR count). The smallest absolute Gasteiger partial charge is 0.251 e. The van der Waals surface area contributed by atoms with Gasteiger partial charge >= 0.3 is 0 Å². The summed E-state index contributed by atoms with van der Waals surface area (Å²) < 4.78 is 0. The molecule has 1 aromatic heterocycles. The van der Waals surface area contributed by atoms with Gasteiger partial charge in [0.15, 0.2) is 5.96 Å². The number of carbonyl (C=O) groups excluding carboxylic acids is 1. The van der Waals surface area contributed by atoms with Crippen molar-refractivity contribution in [3.05, 3.63) is 51.7 Å². The largest absolute Gasteiger partial charge is 0.508 e. The summed E-state index contributed by atoms with van der Waals surface area (Å²) in [5.74, 6) is 0.705. The molecule has 8 heteroatoms. The second-order valence-corrected chi connectivity index (χ2v) is 6.81. The first-order chi connectivity index (χ1) is 12.1. The molecule has 0 aliphatic carbocycles. The van der Waals surface area contributed by atoms with Crippen molar-refractivity contribution in [2.45, 2.75) is 20.4 Å². The predicted molar refractivity (Wildman–Crippen MR) is 118 cm³/mol. The number of carbonyl (C=O) groups is 1. The number of guanidine groups is 1. The number of halogens is 1. The fraction of sp³-hybridized carbons (Fsp3) is 0.333. The van der Waals surface area contributed by atoms with Crippen LogP contribution in [0.2, 0.25) is 0 Å². The van der Waals surface area contributed by atoms with Crippen LogP contribution in [0.1, 0.15) is 27.0 Å². The lowest BCUT2D eigenvalue weighted by molar-refractivity contribution is 0.0954. The molecule has 0 unspecified atom stereocenters. The minimum Gasteiger partial charge on any atom is -0.508 e. The zero-order valence-electron chi connectivity index (χ0n) is 14.9. The molecule has 0 aliphatic heterocycles. The van der Waals surface area contributed by atoms with Gasteiger partial charge in [-0.15, -0.1) is 35.3 Å². The maximum Gasteiger partial charge on any atom is 0.251 e. The SMILES string of the molecule is CCNC(=NCc1ccc(C)s1)NCCNC(=O)c1ccc(O)cc1.I. The van der Waals surface area contributed by atoms with Crippen molar-refractivity contribution in [1.82, 2.24) is 16.0 Å². The van der Waals surface area contributed by atoms with Crippen LogP contribution in [0.5, 0.6) is 5.75 Å². The van der Waals surface area contributed by atoms with E-state index in [0.717, 1.165) is 12.5 Å². The lowest BCUT2D eigenvalue weighted by Crippen LogP contribution is -2.41. The highest BCUT2D eigenvalue weighted by molar-refractivity contribution is 14.0. The van der Waals surface area contributed by atoms with Crippen molar-refractivity contribution in [3.8, 4) is 5.75 Å². The minimum atomic E-state index is -0.169. The first-order valence-electron chi connectivity index (χ1n) is 8.23. The summed E-state index contributed by atoms with van der Waals surface area (Å²) in [7, 11) is 0. The van der Waals surface area contributed by atoms with Gasteiger partial charge in [-0.25, -0.2) is 4.99 Å². The van der Waals surface area contributed by atoms with Crippen molar-refractivity contribution in [3.63, 3.8) is 0 Å². The van der Waals surface area contributed by atoms with Gasteiger partial charge in [0.05, 0.1) is 6.54 Å². The molecule has 0 aliphatic rings. The van der Waals surface area contributed by atoms with Gasteiger partial charge in [0.25, 0.3) is 5.91 Å². The standard InChI is InChI=1S/C18H24N4O2S.HI/c1-3-19-18(22-12-16-9-4-13(2)25-16)21-11-10-20-17(24)14-5-7-15(23)8-6-14;/h4-9,23H,3,10-12H2,1-2H3,(H,20,24)(H2,19,21,22);1H. The third kappa shape index (κ3) is 7.61. The van der Waals surface area contributed by atoms with Crippen LogP contribution in [-0.2, 0) is 6.54 Å². The molecule has 0 spiro atoms. The number of phenolic OH excluding ortho intramolecular Hbond substituents is 1. The van der Waals surface area contributed by atoms with E-state index in [0.29, 0.717) is 25.2 Å². The molecule has 0 atom stereocenters. The summed E-state index contributed by atoms with van der Waals surface area (Å²) in [5, 5.41) is 18.5. The molecule has 6 nitrogen and oxygen atoms in total. The lowest BCUT2D eigenvalue weighted by atomic mass is 10.2. The number of aliphatic imine (C=N–C) groups is 1. The van der Waals surface area contributed by atoms with Gasteiger partial charge in [-0.1, -0.05) is 0 Å². The highest BCUT2D eigenvalue weighted by Gasteiger charge is 2.04. The molecule has 26 heavy (non-hydrogen) atoms. The van der Waals surface area contributed by atoms with E-state index in [1.165, 1.54) is 21.9 Å². The predicted octanol–water partition coefficient (Wildman–Crippen LogP) is 2.87. The third-order valence-corrected chi connectivity index (χ3v) is 4.35. The van der Waals surface area contributed by atoms with Crippen molar-refractivity contribution < 1.29 is 9.90 Å². The number of nitrogens with one attached hydrogen (secondary N) is 3. The van der Waals surface area contributed by atoms with Gasteiger partial charge in [0.1, 0.15) is 5.75 Å². The summed E-state index contributed by atoms with van der Waals surface area (Å²) in [6, 6.07) is 10.4. The number of aromatic hydroxyl groups is 1. The molecule has 4 N–H and O–H groups in total. The van der Waals surface area contributed by atoms with Gasteiger partial charge in [-0.05, 0) is 50.2 Å². The first-order valence-corrected chi connectivity index (χ1v) is 9.05. The van der Waals surface area contributed by atoms with Crippen LogP contribution in [0, 0.1) is 6.92 Å². The highest BCUT2D eigenvalue weighted by Crippen LogP contribution is 2.15. The molecule has 2 aromatic rings. The van der Waals surface area contributed by atoms with Crippen molar-refractivity contribution in [1.29, 1.82) is 0 Å². The number of thiophene rings is 1. The fourth-order valence-corrected chi connectivity index (χ4v) is 2.96. The van der Waals surface area contributed by atoms with E-state index in [9.17, 15) is 9.90 Å². The average molecular weight is 488 g/mol. The zero-order valence-corrected chi connectivity index (χ0v) is 18.1. The number of amides is 1. The average Bonchev–Trinajstić information content (AvgIpc) is 3.02. The van der Waals surface area contributed by atoms with Gasteiger partial charge in [-0.3, -0.25) is 4.79 Å². The molecule has 0 saturated carbocycles. The summed E-state index contributed by atoms with van der Waals surface area (Å²) >= 11 is 1.74. The Hall–Kier alpha value is -1.81. The molecule has 1 heterocycles. The number of hydrogen-bond acceptors (Lipinski definition) is 4. The van der Waals surface area contributed by atoms with Crippen LogP contribution in [0.3, 0.4) is 0 Å². The van der Waals surface area contributed by atoms with E-state index >= 15 is 0 Å². The van der Waals surface area contributed by atoms with Crippen LogP contribution in [0.25, 0.3) is 0 Å². The topological polar surface area (TPSA) is 85.8 Å². The van der Waals surface area contributed by atoms with Gasteiger partial charge in [0.2, 0.25) is 0 Å². The second kappa shape index (κ2) is 11.7. The maximum atomic E-state index is 12.0. The van der Waals surface area contributed by atoms with Gasteiger partial charge in [-0.2, -0.15) is 0 Å². The van der Waals surface area contributed by atoms with Crippen LogP contribution in [-0.4, -0.2) is 36.6 Å². The van der Waals surface area contributed by atoms with E-state index in [1.54, 1.807) is 23.5 Å². The first kappa shape index (κ1) is 22.2. The summed E-state index contributed by atoms with van der Waals surface area (Å²) in [6.07, 6.45) is 0. The molecule has 0 saturated heterocycles. The van der Waals surface area contributed by atoms with Crippen LogP contribution in [0.15, 0.2) is 41.4 Å². The Morgan fingerprint density at radius 2 is 1.77 bits per heavy atom. The Bertz CT molecular complexity index is 716. The Balaban J connectivity index is 0.00000338. The van der Waals surface area contributed by atoms with Crippen LogP contribution in [0.4, 0.5) is 0 Å². The molecular weight excluding hydrogens is 463 g/mol. The maximum absolute atomic E-state index is 12.0. The number of benzene rings is 1. The van der Waals surface area contributed by atoms with Crippen molar-refractivity contribution in [2.24, 2.45) is 4.99 Å². The number of phenols is 1. The molecule has 0 radical (unpaired) electrons. The molecule has 1 aromatic carbocycles. The Morgan fingerprint density at radius 3 is 2.38 bits per heavy atom. The van der Waals surface area contributed by atoms with Crippen LogP contribution < -0.4 is 16.0 Å².